The van der Waals surface area contributed by atoms with Gasteiger partial charge in [-0.15, -0.1) is 0 Å². The Balaban J connectivity index is 2.73. The molecular formula is C18H21N2O8+. The SMILES string of the molecule is C=C(C(=O)OC)C1=C(C(=O)OC)C2=C(C(=O)C=C(CC(O)CO)C2=O)[N+]1(C)N. The van der Waals surface area contributed by atoms with Gasteiger partial charge in [0.05, 0.1) is 34.0 Å². The van der Waals surface area contributed by atoms with E-state index in [-0.39, 0.29) is 40.1 Å². The topological polar surface area (TPSA) is 153 Å². The highest BCUT2D eigenvalue weighted by molar-refractivity contribution is 6.28. The standard InChI is InChI=1S/C18H21N2O8/c1-8(17(25)27-3)14-13(18(26)28-4)12-15(20(14,2)19)11(23)6-9(16(12)24)5-10(22)7-21/h6,10,21-22H,1,5,7,19H2,2-4H3/q+1. The van der Waals surface area contributed by atoms with Gasteiger partial charge in [0.25, 0.3) is 0 Å². The van der Waals surface area contributed by atoms with Gasteiger partial charge in [0.15, 0.2) is 11.5 Å². The number of hydrogen-bond donors (Lipinski definition) is 3. The third kappa shape index (κ3) is 3.22. The number of nitrogens with two attached hydrogens (primary N) is 1. The molecule has 0 aromatic carbocycles. The molecule has 10 heteroatoms. The number of aliphatic hydroxyl groups is 2. The molecular weight excluding hydrogens is 372 g/mol. The summed E-state index contributed by atoms with van der Waals surface area (Å²) in [6.45, 7) is 2.96. The molecule has 0 bridgehead atoms. The molecule has 0 saturated heterocycles. The van der Waals surface area contributed by atoms with Crippen LogP contribution in [0.3, 0.4) is 0 Å². The van der Waals surface area contributed by atoms with E-state index in [0.717, 1.165) is 20.3 Å². The number of nitrogens with zero attached hydrogens (tertiary/aromatic N) is 1. The number of allylic oxidation sites excluding steroid dienone is 1. The van der Waals surface area contributed by atoms with Crippen molar-refractivity contribution in [1.82, 2.24) is 0 Å². The number of ketones is 2. The largest absolute Gasteiger partial charge is 0.465 e. The number of likely N-dealkylation sites (N-methyl/N-ethyl adjacent to an activating group) is 1. The molecule has 0 saturated carbocycles. The van der Waals surface area contributed by atoms with Crippen LogP contribution in [0.1, 0.15) is 6.42 Å². The van der Waals surface area contributed by atoms with Crippen molar-refractivity contribution >= 4 is 23.5 Å². The summed E-state index contributed by atoms with van der Waals surface area (Å²) in [7, 11) is 3.47. The summed E-state index contributed by atoms with van der Waals surface area (Å²) >= 11 is 0. The molecule has 4 N–H and O–H groups in total. The van der Waals surface area contributed by atoms with Crippen LogP contribution in [0.4, 0.5) is 0 Å². The minimum atomic E-state index is -1.28. The fourth-order valence-electron chi connectivity index (χ4n) is 3.26. The number of quaternary nitrogens is 1. The predicted octanol–water partition coefficient (Wildman–Crippen LogP) is -1.45. The zero-order chi connectivity index (χ0) is 21.4. The Morgan fingerprint density at radius 2 is 1.89 bits per heavy atom. The Labute approximate surface area is 160 Å². The van der Waals surface area contributed by atoms with Gasteiger partial charge in [-0.3, -0.25) is 9.59 Å². The minimum Gasteiger partial charge on any atom is -0.465 e. The van der Waals surface area contributed by atoms with Crippen molar-refractivity contribution in [1.29, 1.82) is 0 Å². The summed E-state index contributed by atoms with van der Waals surface area (Å²) in [6.07, 6.45) is -0.601. The first-order valence-corrected chi connectivity index (χ1v) is 8.12. The molecule has 0 fully saturated rings. The van der Waals surface area contributed by atoms with E-state index in [0.29, 0.717) is 0 Å². The fourth-order valence-corrected chi connectivity index (χ4v) is 3.26. The quantitative estimate of drug-likeness (QED) is 0.162. The van der Waals surface area contributed by atoms with E-state index in [1.54, 1.807) is 0 Å². The lowest BCUT2D eigenvalue weighted by atomic mass is 9.87. The third-order valence-electron chi connectivity index (χ3n) is 4.48. The van der Waals surface area contributed by atoms with Gasteiger partial charge >= 0.3 is 11.9 Å². The molecule has 10 nitrogen and oxygen atoms in total. The number of Topliss-reactive ketones (excluding diaryl/α,β-unsaturated/α-hetero) is 1. The summed E-state index contributed by atoms with van der Waals surface area (Å²) in [5.74, 6) is 2.90. The molecule has 1 heterocycles. The predicted molar refractivity (Wildman–Crippen MR) is 93.4 cm³/mol. The van der Waals surface area contributed by atoms with Crippen molar-refractivity contribution < 1.29 is 43.5 Å². The van der Waals surface area contributed by atoms with Crippen LogP contribution in [-0.4, -0.2) is 72.3 Å². The lowest BCUT2D eigenvalue weighted by Crippen LogP contribution is -2.50. The normalized spacial score (nSPS) is 22.7. The molecule has 2 rings (SSSR count). The first kappa shape index (κ1) is 21.4. The Hall–Kier alpha value is -2.92. The Morgan fingerprint density at radius 3 is 2.39 bits per heavy atom. The van der Waals surface area contributed by atoms with Gasteiger partial charge in [0, 0.05) is 12.0 Å². The molecule has 1 aliphatic carbocycles. The van der Waals surface area contributed by atoms with Crippen LogP contribution in [0.15, 0.2) is 46.3 Å². The summed E-state index contributed by atoms with van der Waals surface area (Å²) in [5.41, 5.74) is -1.59. The second kappa shape index (κ2) is 7.60. The van der Waals surface area contributed by atoms with Crippen molar-refractivity contribution in [3.8, 4) is 0 Å². The van der Waals surface area contributed by atoms with E-state index in [9.17, 15) is 24.3 Å². The molecule has 0 spiro atoms. The molecule has 0 amide bonds. The van der Waals surface area contributed by atoms with Gasteiger partial charge < -0.3 is 19.7 Å². The van der Waals surface area contributed by atoms with Crippen molar-refractivity contribution in [2.24, 2.45) is 5.84 Å². The first-order chi connectivity index (χ1) is 13.0. The molecule has 0 radical (unpaired) electrons. The summed E-state index contributed by atoms with van der Waals surface area (Å²) in [6, 6.07) is 0. The van der Waals surface area contributed by atoms with Gasteiger partial charge in [-0.1, -0.05) is 6.58 Å². The minimum absolute atomic E-state index is 0.114. The molecule has 150 valence electrons. The molecule has 0 aromatic heterocycles. The van der Waals surface area contributed by atoms with E-state index in [2.05, 4.69) is 11.3 Å². The number of ether oxygens (including phenoxy) is 2. The zero-order valence-corrected chi connectivity index (χ0v) is 15.6. The van der Waals surface area contributed by atoms with Gasteiger partial charge in [-0.05, 0) is 6.08 Å². The first-order valence-electron chi connectivity index (χ1n) is 8.12. The van der Waals surface area contributed by atoms with E-state index >= 15 is 0 Å². The van der Waals surface area contributed by atoms with E-state index in [4.69, 9.17) is 15.7 Å². The van der Waals surface area contributed by atoms with Crippen LogP contribution < -0.4 is 5.84 Å². The molecule has 1 aliphatic heterocycles. The number of hydrogen-bond acceptors (Lipinski definition) is 9. The van der Waals surface area contributed by atoms with Crippen LogP contribution in [-0.2, 0) is 28.7 Å². The monoisotopic (exact) mass is 393 g/mol. The van der Waals surface area contributed by atoms with E-state index in [1.807, 2.05) is 0 Å². The van der Waals surface area contributed by atoms with Crippen molar-refractivity contribution in [2.45, 2.75) is 12.5 Å². The van der Waals surface area contributed by atoms with Crippen LogP contribution in [0, 0.1) is 0 Å². The molecule has 2 atom stereocenters. The van der Waals surface area contributed by atoms with Crippen molar-refractivity contribution in [3.63, 3.8) is 0 Å². The lowest BCUT2D eigenvalue weighted by molar-refractivity contribution is -0.837. The molecule has 28 heavy (non-hydrogen) atoms. The Kier molecular flexibility index (Phi) is 5.80. The average molecular weight is 393 g/mol. The third-order valence-corrected chi connectivity index (χ3v) is 4.48. The average Bonchev–Trinajstić information content (AvgIpc) is 2.91. The lowest BCUT2D eigenvalue weighted by Gasteiger charge is -2.28. The highest BCUT2D eigenvalue weighted by Gasteiger charge is 2.55. The summed E-state index contributed by atoms with van der Waals surface area (Å²) < 4.78 is 8.47. The van der Waals surface area contributed by atoms with E-state index in [1.165, 1.54) is 7.05 Å². The van der Waals surface area contributed by atoms with Crippen LogP contribution in [0.25, 0.3) is 0 Å². The Bertz CT molecular complexity index is 891. The maximum Gasteiger partial charge on any atom is 0.345 e. The molecule has 0 aromatic rings. The number of carbonyl (C=O) groups is 4. The number of esters is 2. The maximum absolute atomic E-state index is 13.0. The van der Waals surface area contributed by atoms with Crippen LogP contribution in [0.2, 0.25) is 0 Å². The van der Waals surface area contributed by atoms with Gasteiger partial charge in [0.2, 0.25) is 11.5 Å². The smallest absolute Gasteiger partial charge is 0.345 e. The maximum atomic E-state index is 13.0. The second-order valence-electron chi connectivity index (χ2n) is 6.39. The van der Waals surface area contributed by atoms with Crippen molar-refractivity contribution in [3.05, 3.63) is 46.3 Å². The van der Waals surface area contributed by atoms with Gasteiger partial charge in [-0.2, -0.15) is 10.4 Å². The zero-order valence-electron chi connectivity index (χ0n) is 15.6. The summed E-state index contributed by atoms with van der Waals surface area (Å²) in [4.78, 5) is 50.2. The number of rotatable bonds is 6. The molecule has 2 unspecified atom stereocenters. The van der Waals surface area contributed by atoms with Gasteiger partial charge in [-0.25, -0.2) is 9.59 Å². The summed E-state index contributed by atoms with van der Waals surface area (Å²) in [5, 5.41) is 18.7. The molecule has 2 aliphatic rings. The number of aliphatic hydroxyl groups excluding tert-OH is 2. The Morgan fingerprint density at radius 1 is 1.29 bits per heavy atom. The van der Waals surface area contributed by atoms with E-state index < -0.39 is 40.8 Å². The number of carbonyl (C=O) groups excluding carboxylic acids is 4. The van der Waals surface area contributed by atoms with Crippen molar-refractivity contribution in [2.75, 3.05) is 27.9 Å². The highest BCUT2D eigenvalue weighted by atomic mass is 16.5. The van der Waals surface area contributed by atoms with Crippen LogP contribution >= 0.6 is 0 Å². The van der Waals surface area contributed by atoms with Crippen LogP contribution in [0.5, 0.6) is 0 Å². The fraction of sp³-hybridized carbons (Fsp3) is 0.333. The van der Waals surface area contributed by atoms with Gasteiger partial charge in [0.1, 0.15) is 16.7 Å². The highest BCUT2D eigenvalue weighted by Crippen LogP contribution is 2.43. The number of methoxy groups -OCH3 is 2. The second-order valence-corrected chi connectivity index (χ2v) is 6.39.